The van der Waals surface area contributed by atoms with E-state index in [4.69, 9.17) is 16.3 Å². The third-order valence-corrected chi connectivity index (χ3v) is 3.77. The van der Waals surface area contributed by atoms with Crippen LogP contribution in [0.1, 0.15) is 23.0 Å². The molecule has 0 aliphatic carbocycles. The first-order valence-electron chi connectivity index (χ1n) is 6.12. The molecule has 0 bridgehead atoms. The molecule has 0 aliphatic heterocycles. The van der Waals surface area contributed by atoms with E-state index < -0.39 is 5.97 Å². The van der Waals surface area contributed by atoms with Crippen LogP contribution in [-0.4, -0.2) is 24.7 Å². The van der Waals surface area contributed by atoms with Gasteiger partial charge in [0.05, 0.1) is 25.5 Å². The maximum Gasteiger partial charge on any atom is 0.349 e. The highest BCUT2D eigenvalue weighted by Crippen LogP contribution is 2.35. The Morgan fingerprint density at radius 2 is 2.25 bits per heavy atom. The molecule has 0 fully saturated rings. The summed E-state index contributed by atoms with van der Waals surface area (Å²) in [6.07, 6.45) is 2.40. The molecule has 0 saturated heterocycles. The predicted octanol–water partition coefficient (Wildman–Crippen LogP) is 4.04. The number of ether oxygens (including phenoxy) is 2. The van der Waals surface area contributed by atoms with Gasteiger partial charge >= 0.3 is 5.97 Å². The number of carbonyl (C=O) groups is 1. The molecule has 6 heteroatoms. The van der Waals surface area contributed by atoms with Crippen molar-refractivity contribution in [3.63, 3.8) is 0 Å². The van der Waals surface area contributed by atoms with E-state index in [2.05, 4.69) is 9.72 Å². The summed E-state index contributed by atoms with van der Waals surface area (Å²) in [5.41, 5.74) is 0.822. The van der Waals surface area contributed by atoms with Gasteiger partial charge in [-0.2, -0.15) is 0 Å². The molecule has 1 heterocycles. The van der Waals surface area contributed by atoms with E-state index in [9.17, 15) is 4.79 Å². The van der Waals surface area contributed by atoms with E-state index in [-0.39, 0.29) is 0 Å². The topological polar surface area (TPSA) is 48.4 Å². The lowest BCUT2D eigenvalue weighted by Gasteiger charge is -2.09. The molecule has 0 spiro atoms. The largest absolute Gasteiger partial charge is 0.493 e. The molecule has 0 N–H and O–H groups in total. The number of benzene rings is 1. The second-order valence-corrected chi connectivity index (χ2v) is 5.48. The first-order chi connectivity index (χ1) is 9.65. The van der Waals surface area contributed by atoms with Crippen molar-refractivity contribution >= 4 is 28.9 Å². The summed E-state index contributed by atoms with van der Waals surface area (Å²) in [5.74, 6) is 0.281. The molecule has 106 valence electrons. The van der Waals surface area contributed by atoms with Crippen LogP contribution in [0, 0.1) is 0 Å². The average molecular weight is 312 g/mol. The van der Waals surface area contributed by atoms with Crippen molar-refractivity contribution in [1.29, 1.82) is 0 Å². The first-order valence-corrected chi connectivity index (χ1v) is 7.32. The number of rotatable bonds is 5. The fraction of sp³-hybridized carbons (Fsp3) is 0.286. The molecule has 1 aromatic heterocycles. The molecule has 1 aromatic carbocycles. The van der Waals surface area contributed by atoms with Gasteiger partial charge in [-0.15, -0.1) is 11.3 Å². The number of halogens is 1. The highest BCUT2D eigenvalue weighted by Gasteiger charge is 2.15. The Morgan fingerprint density at radius 3 is 2.95 bits per heavy atom. The number of hydrogen-bond acceptors (Lipinski definition) is 5. The molecule has 0 saturated carbocycles. The van der Waals surface area contributed by atoms with Gasteiger partial charge in [0.1, 0.15) is 15.6 Å². The van der Waals surface area contributed by atoms with Crippen LogP contribution in [0.25, 0.3) is 10.6 Å². The number of hydrogen-bond donors (Lipinski definition) is 0. The SMILES string of the molecule is CCCOc1cc(Cl)ccc1-c1ncc(C(=O)OC)s1. The van der Waals surface area contributed by atoms with Crippen molar-refractivity contribution in [2.75, 3.05) is 13.7 Å². The Hall–Kier alpha value is -1.59. The first kappa shape index (κ1) is 14.8. The standard InChI is InChI=1S/C14H14ClNO3S/c1-3-6-19-11-7-9(15)4-5-10(11)13-16-8-12(20-13)14(17)18-2/h4-5,7-8H,3,6H2,1-2H3. The number of thiazole rings is 1. The number of nitrogens with zero attached hydrogens (tertiary/aromatic N) is 1. The van der Waals surface area contributed by atoms with Gasteiger partial charge in [-0.3, -0.25) is 0 Å². The second kappa shape index (κ2) is 6.72. The molecule has 0 aliphatic rings. The molecule has 2 aromatic rings. The van der Waals surface area contributed by atoms with Crippen molar-refractivity contribution in [2.45, 2.75) is 13.3 Å². The smallest absolute Gasteiger partial charge is 0.349 e. The Balaban J connectivity index is 2.36. The molecule has 0 unspecified atom stereocenters. The monoisotopic (exact) mass is 311 g/mol. The second-order valence-electron chi connectivity index (χ2n) is 4.01. The minimum Gasteiger partial charge on any atom is -0.493 e. The zero-order valence-corrected chi connectivity index (χ0v) is 12.8. The minimum absolute atomic E-state index is 0.390. The van der Waals surface area contributed by atoms with Crippen LogP contribution in [0.2, 0.25) is 5.02 Å². The lowest BCUT2D eigenvalue weighted by Crippen LogP contribution is -1.97. The predicted molar refractivity (Wildman–Crippen MR) is 79.7 cm³/mol. The van der Waals surface area contributed by atoms with Crippen LogP contribution >= 0.6 is 22.9 Å². The molecule has 0 amide bonds. The zero-order chi connectivity index (χ0) is 14.5. The van der Waals surface area contributed by atoms with Crippen molar-refractivity contribution in [3.8, 4) is 16.3 Å². The molecular formula is C14H14ClNO3S. The van der Waals surface area contributed by atoms with E-state index in [0.717, 1.165) is 12.0 Å². The molecule has 4 nitrogen and oxygen atoms in total. The summed E-state index contributed by atoms with van der Waals surface area (Å²) in [4.78, 5) is 16.2. The van der Waals surface area contributed by atoms with E-state index in [1.54, 1.807) is 12.1 Å². The van der Waals surface area contributed by atoms with Crippen LogP contribution in [0.3, 0.4) is 0 Å². The maximum atomic E-state index is 11.5. The molecular weight excluding hydrogens is 298 g/mol. The van der Waals surface area contributed by atoms with E-state index >= 15 is 0 Å². The van der Waals surface area contributed by atoms with E-state index in [0.29, 0.717) is 27.3 Å². The third kappa shape index (κ3) is 3.29. The Bertz CT molecular complexity index is 612. The Kier molecular flexibility index (Phi) is 4.98. The molecule has 20 heavy (non-hydrogen) atoms. The fourth-order valence-electron chi connectivity index (χ4n) is 1.60. The van der Waals surface area contributed by atoms with Crippen LogP contribution in [0.15, 0.2) is 24.4 Å². The molecule has 2 rings (SSSR count). The summed E-state index contributed by atoms with van der Waals surface area (Å²) < 4.78 is 10.4. The zero-order valence-electron chi connectivity index (χ0n) is 11.2. The van der Waals surface area contributed by atoms with Gasteiger partial charge in [-0.25, -0.2) is 9.78 Å². The van der Waals surface area contributed by atoms with E-state index in [1.807, 2.05) is 13.0 Å². The normalized spacial score (nSPS) is 10.3. The summed E-state index contributed by atoms with van der Waals surface area (Å²) in [5, 5.41) is 1.30. The summed E-state index contributed by atoms with van der Waals surface area (Å²) in [6.45, 7) is 2.63. The highest BCUT2D eigenvalue weighted by molar-refractivity contribution is 7.16. The van der Waals surface area contributed by atoms with Gasteiger partial charge in [0.15, 0.2) is 0 Å². The van der Waals surface area contributed by atoms with Crippen molar-refractivity contribution in [3.05, 3.63) is 34.3 Å². The van der Waals surface area contributed by atoms with Gasteiger partial charge < -0.3 is 9.47 Å². The summed E-state index contributed by atoms with van der Waals surface area (Å²) in [6, 6.07) is 5.37. The lowest BCUT2D eigenvalue weighted by molar-refractivity contribution is 0.0606. The number of methoxy groups -OCH3 is 1. The maximum absolute atomic E-state index is 11.5. The fourth-order valence-corrected chi connectivity index (χ4v) is 2.62. The number of carbonyl (C=O) groups excluding carboxylic acids is 1. The minimum atomic E-state index is -0.390. The molecule has 0 radical (unpaired) electrons. The van der Waals surface area contributed by atoms with Crippen LogP contribution in [-0.2, 0) is 4.74 Å². The van der Waals surface area contributed by atoms with Crippen LogP contribution in [0.4, 0.5) is 0 Å². The number of aromatic nitrogens is 1. The third-order valence-electron chi connectivity index (χ3n) is 2.53. The molecule has 0 atom stereocenters. The quantitative estimate of drug-likeness (QED) is 0.782. The number of esters is 1. The van der Waals surface area contributed by atoms with Gasteiger partial charge in [-0.1, -0.05) is 18.5 Å². The summed E-state index contributed by atoms with van der Waals surface area (Å²) in [7, 11) is 1.35. The highest BCUT2D eigenvalue weighted by atomic mass is 35.5. The van der Waals surface area contributed by atoms with Crippen molar-refractivity contribution in [1.82, 2.24) is 4.98 Å². The average Bonchev–Trinajstić information content (AvgIpc) is 2.94. The van der Waals surface area contributed by atoms with Gasteiger partial charge in [-0.05, 0) is 24.6 Å². The Morgan fingerprint density at radius 1 is 1.45 bits per heavy atom. The van der Waals surface area contributed by atoms with E-state index in [1.165, 1.54) is 24.6 Å². The van der Waals surface area contributed by atoms with Gasteiger partial charge in [0.25, 0.3) is 0 Å². The van der Waals surface area contributed by atoms with Crippen LogP contribution in [0.5, 0.6) is 5.75 Å². The van der Waals surface area contributed by atoms with Gasteiger partial charge in [0.2, 0.25) is 0 Å². The van der Waals surface area contributed by atoms with Crippen molar-refractivity contribution in [2.24, 2.45) is 0 Å². The lowest BCUT2D eigenvalue weighted by atomic mass is 10.2. The van der Waals surface area contributed by atoms with Gasteiger partial charge in [0, 0.05) is 5.02 Å². The van der Waals surface area contributed by atoms with Crippen LogP contribution < -0.4 is 4.74 Å². The summed E-state index contributed by atoms with van der Waals surface area (Å²) >= 11 is 7.25. The van der Waals surface area contributed by atoms with Crippen molar-refractivity contribution < 1.29 is 14.3 Å². The Labute approximate surface area is 126 Å².